The van der Waals surface area contributed by atoms with E-state index in [1.165, 1.54) is 0 Å². The van der Waals surface area contributed by atoms with Gasteiger partial charge in [0, 0.05) is 30.4 Å². The molecule has 0 N–H and O–H groups in total. The van der Waals surface area contributed by atoms with Crippen molar-refractivity contribution in [3.05, 3.63) is 54.9 Å². The number of aromatic nitrogens is 9. The van der Waals surface area contributed by atoms with Crippen LogP contribution >= 0.6 is 0 Å². The zero-order valence-electron chi connectivity index (χ0n) is 14.0. The van der Waals surface area contributed by atoms with Gasteiger partial charge in [-0.1, -0.05) is 11.3 Å². The van der Waals surface area contributed by atoms with Gasteiger partial charge in [0.1, 0.15) is 12.2 Å². The van der Waals surface area contributed by atoms with Gasteiger partial charge in [0.05, 0.1) is 30.7 Å². The molecule has 10 nitrogen and oxygen atoms in total. The summed E-state index contributed by atoms with van der Waals surface area (Å²) in [5, 5.41) is 21.2. The Morgan fingerprint density at radius 2 is 2.07 bits per heavy atom. The molecule has 0 aliphatic rings. The van der Waals surface area contributed by atoms with Crippen molar-refractivity contribution in [3.8, 4) is 17.3 Å². The first-order chi connectivity index (χ1) is 13.3. The number of hydrogen-bond acceptors (Lipinski definition) is 7. The van der Waals surface area contributed by atoms with Crippen LogP contribution in [0, 0.1) is 11.3 Å². The Morgan fingerprint density at radius 3 is 3.00 bits per heavy atom. The average Bonchev–Trinajstić information content (AvgIpc) is 3.41. The van der Waals surface area contributed by atoms with Crippen molar-refractivity contribution < 1.29 is 0 Å². The molecule has 0 amide bonds. The van der Waals surface area contributed by atoms with Crippen molar-refractivity contribution in [1.29, 1.82) is 5.26 Å². The maximum Gasteiger partial charge on any atom is 0.221 e. The van der Waals surface area contributed by atoms with Crippen molar-refractivity contribution in [2.75, 3.05) is 0 Å². The molecule has 0 fully saturated rings. The van der Waals surface area contributed by atoms with E-state index in [0.717, 1.165) is 16.8 Å². The third-order valence-corrected chi connectivity index (χ3v) is 4.17. The summed E-state index contributed by atoms with van der Waals surface area (Å²) in [5.74, 6) is 0. The highest BCUT2D eigenvalue weighted by Gasteiger charge is 2.12. The molecule has 5 heterocycles. The number of pyridine rings is 1. The van der Waals surface area contributed by atoms with Gasteiger partial charge in [-0.05, 0) is 11.6 Å². The third-order valence-electron chi connectivity index (χ3n) is 4.17. The Labute approximate surface area is 152 Å². The molecule has 130 valence electrons. The van der Waals surface area contributed by atoms with Crippen LogP contribution in [0.5, 0.6) is 0 Å². The molecule has 0 saturated heterocycles. The zero-order valence-corrected chi connectivity index (χ0v) is 14.0. The van der Waals surface area contributed by atoms with Crippen LogP contribution in [-0.2, 0) is 13.1 Å². The fourth-order valence-corrected chi connectivity index (χ4v) is 2.89. The Hall–Kier alpha value is -4.13. The molecule has 5 rings (SSSR count). The van der Waals surface area contributed by atoms with Crippen LogP contribution in [0.1, 0.15) is 5.56 Å². The lowest BCUT2D eigenvalue weighted by Gasteiger charge is -2.04. The molecule has 10 heteroatoms. The first-order valence-corrected chi connectivity index (χ1v) is 8.18. The van der Waals surface area contributed by atoms with Crippen molar-refractivity contribution >= 4 is 16.9 Å². The Balaban J connectivity index is 1.51. The number of imidazole rings is 1. The van der Waals surface area contributed by atoms with Gasteiger partial charge >= 0.3 is 0 Å². The molecule has 0 spiro atoms. The second-order valence-electron chi connectivity index (χ2n) is 5.96. The van der Waals surface area contributed by atoms with E-state index >= 15 is 0 Å². The summed E-state index contributed by atoms with van der Waals surface area (Å²) < 4.78 is 5.22. The van der Waals surface area contributed by atoms with Crippen molar-refractivity contribution in [3.63, 3.8) is 0 Å². The predicted octanol–water partition coefficient (Wildman–Crippen LogP) is 1.30. The molecule has 0 aliphatic carbocycles. The summed E-state index contributed by atoms with van der Waals surface area (Å²) in [6.45, 7) is 0.697. The summed E-state index contributed by atoms with van der Waals surface area (Å²) >= 11 is 0. The largest absolute Gasteiger partial charge is 0.307 e. The van der Waals surface area contributed by atoms with Gasteiger partial charge in [0.25, 0.3) is 0 Å². The maximum atomic E-state index is 8.78. The molecule has 5 aromatic rings. The molecule has 0 aliphatic heterocycles. The molecule has 27 heavy (non-hydrogen) atoms. The molecule has 0 bridgehead atoms. The Bertz CT molecular complexity index is 1300. The number of hydrogen-bond donors (Lipinski definition) is 0. The quantitative estimate of drug-likeness (QED) is 0.476. The Morgan fingerprint density at radius 1 is 1.11 bits per heavy atom. The van der Waals surface area contributed by atoms with Crippen LogP contribution < -0.4 is 0 Å². The lowest BCUT2D eigenvalue weighted by Crippen LogP contribution is -2.04. The summed E-state index contributed by atoms with van der Waals surface area (Å²) in [6.07, 6.45) is 10.7. The van der Waals surface area contributed by atoms with Crippen molar-refractivity contribution in [1.82, 2.24) is 44.1 Å². The van der Waals surface area contributed by atoms with E-state index in [2.05, 4.69) is 36.4 Å². The van der Waals surface area contributed by atoms with Crippen LogP contribution in [0.3, 0.4) is 0 Å². The highest BCUT2D eigenvalue weighted by Crippen LogP contribution is 2.18. The van der Waals surface area contributed by atoms with Crippen LogP contribution in [0.4, 0.5) is 0 Å². The van der Waals surface area contributed by atoms with E-state index in [0.29, 0.717) is 23.5 Å². The first-order valence-electron chi connectivity index (χ1n) is 8.18. The lowest BCUT2D eigenvalue weighted by molar-refractivity contribution is 0.662. The standard InChI is InChI=1S/C17H12N10/c18-3-5-26-11-13(7-21-26)14-8-20-16-17(22-14)27(24-23-16)10-12-1-2-15-19-4-6-25(15)9-12/h1-2,4,6-9,11H,5,10H2. The van der Waals surface area contributed by atoms with Gasteiger partial charge in [0.2, 0.25) is 5.65 Å². The topological polar surface area (TPSA) is 115 Å². The molecule has 0 saturated carbocycles. The smallest absolute Gasteiger partial charge is 0.221 e. The second kappa shape index (κ2) is 5.99. The molecule has 0 aromatic carbocycles. The van der Waals surface area contributed by atoms with Gasteiger partial charge in [0.15, 0.2) is 5.65 Å². The fourth-order valence-electron chi connectivity index (χ4n) is 2.89. The number of rotatable bonds is 4. The van der Waals surface area contributed by atoms with Gasteiger partial charge in [-0.2, -0.15) is 10.4 Å². The second-order valence-corrected chi connectivity index (χ2v) is 5.96. The van der Waals surface area contributed by atoms with E-state index in [1.54, 1.807) is 34.2 Å². The van der Waals surface area contributed by atoms with Crippen LogP contribution in [0.25, 0.3) is 28.2 Å². The summed E-state index contributed by atoms with van der Waals surface area (Å²) in [5.41, 5.74) is 4.44. The van der Waals surface area contributed by atoms with Crippen molar-refractivity contribution in [2.45, 2.75) is 13.1 Å². The van der Waals surface area contributed by atoms with Crippen LogP contribution in [-0.4, -0.2) is 44.1 Å². The summed E-state index contributed by atoms with van der Waals surface area (Å²) in [7, 11) is 0. The van der Waals surface area contributed by atoms with Gasteiger partial charge in [-0.3, -0.25) is 4.68 Å². The van der Waals surface area contributed by atoms with Gasteiger partial charge in [-0.15, -0.1) is 5.10 Å². The average molecular weight is 356 g/mol. The van der Waals surface area contributed by atoms with Crippen molar-refractivity contribution in [2.24, 2.45) is 0 Å². The normalized spacial score (nSPS) is 11.2. The minimum Gasteiger partial charge on any atom is -0.307 e. The first kappa shape index (κ1) is 15.2. The molecule has 0 atom stereocenters. The maximum absolute atomic E-state index is 8.78. The lowest BCUT2D eigenvalue weighted by atomic mass is 10.2. The number of fused-ring (bicyclic) bond motifs is 2. The van der Waals surface area contributed by atoms with E-state index in [9.17, 15) is 0 Å². The van der Waals surface area contributed by atoms with E-state index < -0.39 is 0 Å². The minimum atomic E-state index is 0.186. The molecular weight excluding hydrogens is 344 g/mol. The number of nitriles is 1. The fraction of sp³-hybridized carbons (Fsp3) is 0.118. The van der Waals surface area contributed by atoms with E-state index in [-0.39, 0.29) is 6.54 Å². The van der Waals surface area contributed by atoms with Crippen LogP contribution in [0.15, 0.2) is 49.3 Å². The van der Waals surface area contributed by atoms with Gasteiger partial charge in [-0.25, -0.2) is 19.6 Å². The van der Waals surface area contributed by atoms with E-state index in [1.807, 2.05) is 28.9 Å². The monoisotopic (exact) mass is 356 g/mol. The zero-order chi connectivity index (χ0) is 18.2. The summed E-state index contributed by atoms with van der Waals surface area (Å²) in [4.78, 5) is 13.2. The highest BCUT2D eigenvalue weighted by atomic mass is 15.5. The molecule has 0 radical (unpaired) electrons. The Kier molecular flexibility index (Phi) is 3.36. The molecule has 0 unspecified atom stereocenters. The molecule has 5 aromatic heterocycles. The SMILES string of the molecule is N#CCn1cc(-c2cnc3nnn(Cc4ccc5nccn5c4)c3n2)cn1. The minimum absolute atomic E-state index is 0.186. The van der Waals surface area contributed by atoms with E-state index in [4.69, 9.17) is 5.26 Å². The molecular formula is C17H12N10. The predicted molar refractivity (Wildman–Crippen MR) is 94.2 cm³/mol. The highest BCUT2D eigenvalue weighted by molar-refractivity contribution is 5.69. The third kappa shape index (κ3) is 2.67. The summed E-state index contributed by atoms with van der Waals surface area (Å²) in [6, 6.07) is 6.01. The van der Waals surface area contributed by atoms with Gasteiger partial charge < -0.3 is 4.40 Å². The number of nitrogens with zero attached hydrogens (tertiary/aromatic N) is 10. The van der Waals surface area contributed by atoms with Crippen LogP contribution in [0.2, 0.25) is 0 Å².